The molecule has 3 nitrogen and oxygen atoms in total. The van der Waals surface area contributed by atoms with Gasteiger partial charge in [0.2, 0.25) is 0 Å². The lowest BCUT2D eigenvalue weighted by molar-refractivity contribution is -0.140. The summed E-state index contributed by atoms with van der Waals surface area (Å²) in [5.41, 5.74) is 0. The van der Waals surface area contributed by atoms with E-state index in [9.17, 15) is 4.79 Å². The number of carbonyl (C=O) groups is 1. The van der Waals surface area contributed by atoms with E-state index < -0.39 is 5.97 Å². The second-order valence-corrected chi connectivity index (χ2v) is 5.11. The summed E-state index contributed by atoms with van der Waals surface area (Å²) in [5, 5.41) is 17.8. The molecule has 0 fully saturated rings. The van der Waals surface area contributed by atoms with Crippen molar-refractivity contribution in [3.05, 3.63) is 0 Å². The van der Waals surface area contributed by atoms with Gasteiger partial charge in [-0.25, -0.2) is 0 Å². The maximum absolute atomic E-state index is 10.6. The first-order valence-electron chi connectivity index (χ1n) is 4.48. The van der Waals surface area contributed by atoms with Gasteiger partial charge in [-0.05, 0) is 6.42 Å². The molecular formula is C9H18O3S. The van der Waals surface area contributed by atoms with Gasteiger partial charge in [0.05, 0.1) is 5.92 Å². The van der Waals surface area contributed by atoms with Gasteiger partial charge in [0.1, 0.15) is 0 Å². The van der Waals surface area contributed by atoms with Crippen LogP contribution in [-0.2, 0) is 4.79 Å². The number of aliphatic carboxylic acids is 1. The normalized spacial score (nSPS) is 17.8. The third kappa shape index (κ3) is 5.16. The quantitative estimate of drug-likeness (QED) is 0.693. The molecule has 0 heterocycles. The average Bonchev–Trinajstić information content (AvgIpc) is 2.03. The van der Waals surface area contributed by atoms with Gasteiger partial charge in [-0.1, -0.05) is 20.8 Å². The fraction of sp³-hybridized carbons (Fsp3) is 0.889. The Bertz CT molecular complexity index is 161. The molecule has 13 heavy (non-hydrogen) atoms. The second-order valence-electron chi connectivity index (χ2n) is 3.29. The van der Waals surface area contributed by atoms with E-state index in [1.54, 1.807) is 18.7 Å². The van der Waals surface area contributed by atoms with Crippen molar-refractivity contribution in [3.63, 3.8) is 0 Å². The second kappa shape index (κ2) is 6.27. The average molecular weight is 206 g/mol. The first kappa shape index (κ1) is 12.8. The maximum atomic E-state index is 10.6. The lowest BCUT2D eigenvalue weighted by Crippen LogP contribution is -2.22. The summed E-state index contributed by atoms with van der Waals surface area (Å²) >= 11 is 1.62. The Hall–Kier alpha value is -0.220. The van der Waals surface area contributed by atoms with Crippen LogP contribution in [0.3, 0.4) is 0 Å². The Morgan fingerprint density at radius 1 is 1.38 bits per heavy atom. The van der Waals surface area contributed by atoms with Crippen LogP contribution in [0.2, 0.25) is 0 Å². The van der Waals surface area contributed by atoms with E-state index in [0.29, 0.717) is 5.25 Å². The van der Waals surface area contributed by atoms with Crippen LogP contribution in [0.1, 0.15) is 27.2 Å². The first-order chi connectivity index (χ1) is 5.99. The molecule has 0 amide bonds. The molecule has 0 aliphatic heterocycles. The van der Waals surface area contributed by atoms with Crippen LogP contribution < -0.4 is 0 Å². The van der Waals surface area contributed by atoms with E-state index in [1.165, 1.54) is 0 Å². The molecule has 0 radical (unpaired) electrons. The van der Waals surface area contributed by atoms with Crippen LogP contribution in [0.25, 0.3) is 0 Å². The van der Waals surface area contributed by atoms with Gasteiger partial charge in [-0.3, -0.25) is 4.79 Å². The van der Waals surface area contributed by atoms with Gasteiger partial charge >= 0.3 is 5.97 Å². The first-order valence-corrected chi connectivity index (χ1v) is 5.42. The van der Waals surface area contributed by atoms with Gasteiger partial charge in [-0.2, -0.15) is 11.8 Å². The van der Waals surface area contributed by atoms with Crippen molar-refractivity contribution in [2.45, 2.75) is 37.7 Å². The third-order valence-electron chi connectivity index (χ3n) is 2.08. The molecule has 0 aromatic heterocycles. The lowest BCUT2D eigenvalue weighted by atomic mass is 10.1. The predicted molar refractivity (Wildman–Crippen MR) is 55.0 cm³/mol. The summed E-state index contributed by atoms with van der Waals surface area (Å²) in [6, 6.07) is 0. The number of aliphatic hydroxyl groups is 1. The SMILES string of the molecule is CC(CCO)SC(C)C(C)C(=O)O. The van der Waals surface area contributed by atoms with Crippen LogP contribution in [-0.4, -0.2) is 33.3 Å². The smallest absolute Gasteiger partial charge is 0.307 e. The largest absolute Gasteiger partial charge is 0.481 e. The molecule has 0 bridgehead atoms. The molecule has 0 aliphatic carbocycles. The van der Waals surface area contributed by atoms with Crippen LogP contribution in [0.5, 0.6) is 0 Å². The number of thioether (sulfide) groups is 1. The molecule has 2 N–H and O–H groups in total. The standard InChI is InChI=1S/C9H18O3S/c1-6(4-5-10)13-8(3)7(2)9(11)12/h6-8,10H,4-5H2,1-3H3,(H,11,12). The molecule has 0 saturated heterocycles. The minimum atomic E-state index is -0.754. The molecule has 78 valence electrons. The number of carboxylic acids is 1. The Kier molecular flexibility index (Phi) is 6.16. The van der Waals surface area contributed by atoms with Crippen molar-refractivity contribution >= 4 is 17.7 Å². The Morgan fingerprint density at radius 2 is 1.92 bits per heavy atom. The summed E-state index contributed by atoms with van der Waals surface area (Å²) < 4.78 is 0. The zero-order valence-electron chi connectivity index (χ0n) is 8.36. The Morgan fingerprint density at radius 3 is 2.31 bits per heavy atom. The van der Waals surface area contributed by atoms with Crippen LogP contribution >= 0.6 is 11.8 Å². The highest BCUT2D eigenvalue weighted by Gasteiger charge is 2.21. The summed E-state index contributed by atoms with van der Waals surface area (Å²) in [7, 11) is 0. The highest BCUT2D eigenvalue weighted by molar-refractivity contribution is 8.00. The number of rotatable bonds is 6. The maximum Gasteiger partial charge on any atom is 0.307 e. The summed E-state index contributed by atoms with van der Waals surface area (Å²) in [4.78, 5) is 10.6. The van der Waals surface area contributed by atoms with Crippen LogP contribution in [0.15, 0.2) is 0 Å². The highest BCUT2D eigenvalue weighted by Crippen LogP contribution is 2.25. The molecule has 0 aliphatic rings. The van der Waals surface area contributed by atoms with E-state index in [0.717, 1.165) is 6.42 Å². The van der Waals surface area contributed by atoms with E-state index in [2.05, 4.69) is 0 Å². The molecular weight excluding hydrogens is 188 g/mol. The zero-order chi connectivity index (χ0) is 10.4. The van der Waals surface area contributed by atoms with Crippen molar-refractivity contribution < 1.29 is 15.0 Å². The van der Waals surface area contributed by atoms with E-state index in [-0.39, 0.29) is 17.8 Å². The summed E-state index contributed by atoms with van der Waals surface area (Å²) in [6.45, 7) is 5.80. The predicted octanol–water partition coefficient (Wildman–Crippen LogP) is 1.60. The van der Waals surface area contributed by atoms with Gasteiger partial charge < -0.3 is 10.2 Å². The van der Waals surface area contributed by atoms with Gasteiger partial charge in [-0.15, -0.1) is 0 Å². The Labute approximate surface area is 83.5 Å². The van der Waals surface area contributed by atoms with Gasteiger partial charge in [0, 0.05) is 17.1 Å². The number of hydrogen-bond donors (Lipinski definition) is 2. The summed E-state index contributed by atoms with van der Waals surface area (Å²) in [5.74, 6) is -1.08. The van der Waals surface area contributed by atoms with E-state index in [1.807, 2.05) is 13.8 Å². The molecule has 0 saturated carbocycles. The number of carboxylic acid groups (broad SMARTS) is 1. The minimum absolute atomic E-state index is 0.0963. The molecule has 0 rings (SSSR count). The van der Waals surface area contributed by atoms with E-state index in [4.69, 9.17) is 10.2 Å². The van der Waals surface area contributed by atoms with Gasteiger partial charge in [0.15, 0.2) is 0 Å². The minimum Gasteiger partial charge on any atom is -0.481 e. The van der Waals surface area contributed by atoms with Crippen LogP contribution in [0.4, 0.5) is 0 Å². The van der Waals surface area contributed by atoms with Crippen molar-refractivity contribution in [3.8, 4) is 0 Å². The van der Waals surface area contributed by atoms with Gasteiger partial charge in [0.25, 0.3) is 0 Å². The topological polar surface area (TPSA) is 57.5 Å². The molecule has 0 aromatic rings. The number of hydrogen-bond acceptors (Lipinski definition) is 3. The molecule has 3 unspecified atom stereocenters. The number of aliphatic hydroxyl groups excluding tert-OH is 1. The van der Waals surface area contributed by atoms with Crippen molar-refractivity contribution in [1.82, 2.24) is 0 Å². The molecule has 3 atom stereocenters. The summed E-state index contributed by atoms with van der Waals surface area (Å²) in [6.07, 6.45) is 0.724. The van der Waals surface area contributed by atoms with Crippen LogP contribution in [0, 0.1) is 5.92 Å². The Balaban J connectivity index is 3.84. The van der Waals surface area contributed by atoms with E-state index >= 15 is 0 Å². The zero-order valence-corrected chi connectivity index (χ0v) is 9.17. The fourth-order valence-corrected chi connectivity index (χ4v) is 2.26. The third-order valence-corrected chi connectivity index (χ3v) is 3.61. The monoisotopic (exact) mass is 206 g/mol. The highest BCUT2D eigenvalue weighted by atomic mass is 32.2. The van der Waals surface area contributed by atoms with Crippen molar-refractivity contribution in [2.24, 2.45) is 5.92 Å². The molecule has 4 heteroatoms. The van der Waals surface area contributed by atoms with Crippen molar-refractivity contribution in [1.29, 1.82) is 0 Å². The lowest BCUT2D eigenvalue weighted by Gasteiger charge is -2.19. The molecule has 0 spiro atoms. The molecule has 0 aromatic carbocycles. The fourth-order valence-electron chi connectivity index (χ4n) is 0.935. The van der Waals surface area contributed by atoms with Crippen molar-refractivity contribution in [2.75, 3.05) is 6.61 Å².